The van der Waals surface area contributed by atoms with E-state index in [2.05, 4.69) is 15.9 Å². The van der Waals surface area contributed by atoms with Gasteiger partial charge in [0.1, 0.15) is 5.82 Å². The van der Waals surface area contributed by atoms with Crippen LogP contribution < -0.4 is 4.90 Å². The van der Waals surface area contributed by atoms with Gasteiger partial charge in [-0.05, 0) is 46.9 Å². The van der Waals surface area contributed by atoms with Gasteiger partial charge < -0.3 is 4.90 Å². The van der Waals surface area contributed by atoms with Gasteiger partial charge in [0.25, 0.3) is 0 Å². The third kappa shape index (κ3) is 1.85. The molecule has 0 saturated carbocycles. The molecule has 3 heteroatoms. The van der Waals surface area contributed by atoms with Crippen molar-refractivity contribution in [3.05, 3.63) is 28.4 Å². The second kappa shape index (κ2) is 3.66. The van der Waals surface area contributed by atoms with Crippen LogP contribution in [0.3, 0.4) is 0 Å². The van der Waals surface area contributed by atoms with E-state index in [1.165, 1.54) is 0 Å². The minimum Gasteiger partial charge on any atom is -0.371 e. The lowest BCUT2D eigenvalue weighted by atomic mass is 10.3. The zero-order chi connectivity index (χ0) is 11.9. The highest BCUT2D eigenvalue weighted by atomic mass is 79.9. The molecule has 70 valence electrons. The van der Waals surface area contributed by atoms with Crippen LogP contribution in [0.1, 0.15) is 17.0 Å². The summed E-state index contributed by atoms with van der Waals surface area (Å²) in [5, 5.41) is 0. The fraction of sp³-hybridized carbons (Fsp3) is 0.400. The summed E-state index contributed by atoms with van der Waals surface area (Å²) < 4.78 is 36.6. The van der Waals surface area contributed by atoms with Crippen molar-refractivity contribution in [1.82, 2.24) is 0 Å². The van der Waals surface area contributed by atoms with E-state index in [1.54, 1.807) is 0 Å². The first-order valence-electron chi connectivity index (χ1n) is 5.73. The summed E-state index contributed by atoms with van der Waals surface area (Å²) in [5.74, 6) is -0.747. The van der Waals surface area contributed by atoms with Crippen LogP contribution in [0.25, 0.3) is 0 Å². The molecule has 1 heterocycles. The molecule has 0 spiro atoms. The molecule has 0 aliphatic carbocycles. The maximum Gasteiger partial charge on any atom is 0.139 e. The Morgan fingerprint density at radius 2 is 2.08 bits per heavy atom. The smallest absolute Gasteiger partial charge is 0.139 e. The maximum atomic E-state index is 13.6. The average molecular weight is 247 g/mol. The first-order valence-corrected chi connectivity index (χ1v) is 5.03. The molecule has 1 aliphatic heterocycles. The van der Waals surface area contributed by atoms with Gasteiger partial charge in [0.2, 0.25) is 0 Å². The van der Waals surface area contributed by atoms with Crippen LogP contribution in [0.4, 0.5) is 10.1 Å². The number of hydrogen-bond acceptors (Lipinski definition) is 1. The van der Waals surface area contributed by atoms with Gasteiger partial charge in [-0.3, -0.25) is 0 Å². The molecule has 0 aromatic heterocycles. The Bertz CT molecular complexity index is 404. The molecule has 1 aromatic carbocycles. The van der Waals surface area contributed by atoms with Crippen LogP contribution in [0.2, 0.25) is 0 Å². The van der Waals surface area contributed by atoms with Crippen molar-refractivity contribution in [2.75, 3.05) is 18.0 Å². The van der Waals surface area contributed by atoms with Crippen LogP contribution >= 0.6 is 15.9 Å². The second-order valence-corrected chi connectivity index (χ2v) is 3.84. The zero-order valence-electron chi connectivity index (χ0n) is 10.0. The number of anilines is 1. The monoisotopic (exact) mass is 246 g/mol. The van der Waals surface area contributed by atoms with Gasteiger partial charge in [0, 0.05) is 18.8 Å². The number of rotatable bonds is 1. The number of hydrogen-bond donors (Lipinski definition) is 0. The third-order valence-electron chi connectivity index (χ3n) is 2.13. The molecular formula is C10H11BrFN. The Balaban J connectivity index is 2.59. The van der Waals surface area contributed by atoms with E-state index in [-0.39, 0.29) is 28.3 Å². The fourth-order valence-electron chi connectivity index (χ4n) is 1.46. The molecule has 0 unspecified atom stereocenters. The Kier molecular flexibility index (Phi) is 1.69. The number of benzene rings is 1. The Hall–Kier alpha value is -0.570. The van der Waals surface area contributed by atoms with Gasteiger partial charge in [-0.2, -0.15) is 0 Å². The standard InChI is InChI=1S/C10H11BrFN/c11-9-4-3-8(7-10(9)12)13-5-1-2-6-13/h3-4,7H,1-2,5-6H2/i3D,4D,7D. The average Bonchev–Trinajstić information content (AvgIpc) is 2.77. The van der Waals surface area contributed by atoms with Crippen LogP contribution in [0, 0.1) is 5.82 Å². The Morgan fingerprint density at radius 3 is 2.77 bits per heavy atom. The summed E-state index contributed by atoms with van der Waals surface area (Å²) in [6, 6.07) is -0.537. The van der Waals surface area contributed by atoms with Crippen molar-refractivity contribution in [3.63, 3.8) is 0 Å². The molecular weight excluding hydrogens is 233 g/mol. The van der Waals surface area contributed by atoms with Gasteiger partial charge in [0.15, 0.2) is 0 Å². The SMILES string of the molecule is [2H]c1c([2H])c(N2CCCC2)c([2H])c(F)c1Br. The molecule has 0 atom stereocenters. The fourth-order valence-corrected chi connectivity index (χ4v) is 1.66. The minimum atomic E-state index is -0.747. The molecule has 0 N–H and O–H groups in total. The lowest BCUT2D eigenvalue weighted by Gasteiger charge is -2.17. The highest BCUT2D eigenvalue weighted by molar-refractivity contribution is 9.10. The molecule has 0 bridgehead atoms. The van der Waals surface area contributed by atoms with Crippen LogP contribution in [0.15, 0.2) is 22.6 Å². The lowest BCUT2D eigenvalue weighted by molar-refractivity contribution is 0.620. The van der Waals surface area contributed by atoms with Gasteiger partial charge in [-0.1, -0.05) is 0 Å². The van der Waals surface area contributed by atoms with E-state index in [9.17, 15) is 4.39 Å². The third-order valence-corrected chi connectivity index (χ3v) is 2.68. The lowest BCUT2D eigenvalue weighted by Crippen LogP contribution is -2.17. The largest absolute Gasteiger partial charge is 0.371 e. The van der Waals surface area contributed by atoms with Crippen molar-refractivity contribution >= 4 is 21.6 Å². The quantitative estimate of drug-likeness (QED) is 0.736. The topological polar surface area (TPSA) is 3.24 Å². The molecule has 1 aromatic rings. The summed E-state index contributed by atoms with van der Waals surface area (Å²) in [5.41, 5.74) is 0.253. The van der Waals surface area contributed by atoms with E-state index >= 15 is 0 Å². The highest BCUT2D eigenvalue weighted by Gasteiger charge is 2.13. The van der Waals surface area contributed by atoms with E-state index in [0.717, 1.165) is 25.9 Å². The summed E-state index contributed by atoms with van der Waals surface area (Å²) in [6.07, 6.45) is 1.98. The summed E-state index contributed by atoms with van der Waals surface area (Å²) in [4.78, 5) is 1.82. The molecule has 13 heavy (non-hydrogen) atoms. The highest BCUT2D eigenvalue weighted by Crippen LogP contribution is 2.24. The normalized spacial score (nSPS) is 19.8. The number of halogens is 2. The van der Waals surface area contributed by atoms with E-state index in [1.807, 2.05) is 4.90 Å². The van der Waals surface area contributed by atoms with Crippen LogP contribution in [-0.4, -0.2) is 13.1 Å². The zero-order valence-corrected chi connectivity index (χ0v) is 8.62. The molecule has 1 saturated heterocycles. The van der Waals surface area contributed by atoms with Crippen molar-refractivity contribution in [3.8, 4) is 0 Å². The maximum absolute atomic E-state index is 13.6. The van der Waals surface area contributed by atoms with Crippen molar-refractivity contribution in [2.45, 2.75) is 12.8 Å². The molecule has 0 amide bonds. The summed E-state index contributed by atoms with van der Waals surface area (Å²) >= 11 is 2.90. The van der Waals surface area contributed by atoms with Gasteiger partial charge in [-0.25, -0.2) is 4.39 Å². The van der Waals surface area contributed by atoms with E-state index in [0.29, 0.717) is 0 Å². The first-order chi connectivity index (χ1) is 7.54. The molecule has 1 fully saturated rings. The Labute approximate surface area is 89.9 Å². The minimum absolute atomic E-state index is 0.0693. The predicted molar refractivity (Wildman–Crippen MR) is 55.5 cm³/mol. The van der Waals surface area contributed by atoms with Crippen molar-refractivity contribution in [1.29, 1.82) is 0 Å². The Morgan fingerprint density at radius 1 is 1.38 bits per heavy atom. The summed E-state index contributed by atoms with van der Waals surface area (Å²) in [7, 11) is 0. The summed E-state index contributed by atoms with van der Waals surface area (Å²) in [6.45, 7) is 1.47. The van der Waals surface area contributed by atoms with Gasteiger partial charge in [0.05, 0.1) is 8.58 Å². The van der Waals surface area contributed by atoms with E-state index < -0.39 is 5.82 Å². The molecule has 2 rings (SSSR count). The van der Waals surface area contributed by atoms with Gasteiger partial charge in [-0.15, -0.1) is 0 Å². The second-order valence-electron chi connectivity index (χ2n) is 3.05. The van der Waals surface area contributed by atoms with Crippen LogP contribution in [0.5, 0.6) is 0 Å². The van der Waals surface area contributed by atoms with E-state index in [4.69, 9.17) is 4.11 Å². The predicted octanol–water partition coefficient (Wildman–Crippen LogP) is 3.19. The molecule has 1 nitrogen and oxygen atoms in total. The first kappa shape index (κ1) is 6.02. The van der Waals surface area contributed by atoms with Crippen molar-refractivity contribution < 1.29 is 8.50 Å². The number of nitrogens with zero attached hydrogens (tertiary/aromatic N) is 1. The van der Waals surface area contributed by atoms with Crippen LogP contribution in [-0.2, 0) is 0 Å². The molecule has 0 radical (unpaired) electrons. The van der Waals surface area contributed by atoms with Gasteiger partial charge >= 0.3 is 0 Å². The van der Waals surface area contributed by atoms with Crippen molar-refractivity contribution in [2.24, 2.45) is 0 Å². The molecule has 1 aliphatic rings.